The van der Waals surface area contributed by atoms with Crippen molar-refractivity contribution < 1.29 is 8.78 Å². The average Bonchev–Trinajstić information content (AvgIpc) is 1.69. The van der Waals surface area contributed by atoms with E-state index in [1.807, 2.05) is 13.8 Å². The van der Waals surface area contributed by atoms with E-state index in [1.54, 1.807) is 0 Å². The van der Waals surface area contributed by atoms with Gasteiger partial charge in [0.15, 0.2) is 0 Å². The highest BCUT2D eigenvalue weighted by Crippen LogP contribution is 2.32. The van der Waals surface area contributed by atoms with E-state index >= 15 is 0 Å². The molecule has 0 aromatic heterocycles. The van der Waals surface area contributed by atoms with Gasteiger partial charge in [0.05, 0.1) is 0 Å². The Morgan fingerprint density at radius 3 is 1.22 bits per heavy atom. The summed E-state index contributed by atoms with van der Waals surface area (Å²) in [5.41, 5.74) is 0. The molecule has 0 amide bonds. The van der Waals surface area contributed by atoms with Crippen molar-refractivity contribution in [2.45, 2.75) is 24.1 Å². The molecule has 0 radical (unpaired) electrons. The minimum Gasteiger partial charge on any atom is -0.206 e. The lowest BCUT2D eigenvalue weighted by molar-refractivity contribution is 0.153. The Morgan fingerprint density at radius 2 is 1.22 bits per heavy atom. The van der Waals surface area contributed by atoms with E-state index in [-0.39, 0.29) is 0 Å². The van der Waals surface area contributed by atoms with Crippen LogP contribution in [0.3, 0.4) is 0 Å². The summed E-state index contributed by atoms with van der Waals surface area (Å²) in [6.07, 6.45) is -2.91. The molecule has 0 N–H and O–H groups in total. The van der Waals surface area contributed by atoms with Gasteiger partial charge in [-0.05, 0) is 0 Å². The van der Waals surface area contributed by atoms with Crippen LogP contribution < -0.4 is 0 Å². The molecule has 0 rings (SSSR count). The molecule has 0 aromatic rings. The highest BCUT2D eigenvalue weighted by molar-refractivity contribution is 6.67. The van der Waals surface area contributed by atoms with Gasteiger partial charge in [0.2, 0.25) is 0 Å². The second-order valence-electron chi connectivity index (χ2n) is 0.842. The molecule has 0 nitrogen and oxygen atoms in total. The summed E-state index contributed by atoms with van der Waals surface area (Å²) in [6, 6.07) is 0. The van der Waals surface area contributed by atoms with Gasteiger partial charge in [-0.1, -0.05) is 48.7 Å². The Hall–Kier alpha value is 0.730. The van der Waals surface area contributed by atoms with Gasteiger partial charge in [-0.2, -0.15) is 0 Å². The summed E-state index contributed by atoms with van der Waals surface area (Å²) in [5.74, 6) is 0. The summed E-state index contributed by atoms with van der Waals surface area (Å²) in [4.78, 5) is 0. The molecule has 5 heteroatoms. The lowest BCUT2D eigenvalue weighted by Gasteiger charge is -2.06. The number of hydrogen-bond acceptors (Lipinski definition) is 0. The maximum absolute atomic E-state index is 11.1. The van der Waals surface area contributed by atoms with Gasteiger partial charge < -0.3 is 0 Å². The normalized spacial score (nSPS) is 10.7. The second-order valence-corrected chi connectivity index (χ2v) is 3.21. The van der Waals surface area contributed by atoms with E-state index in [4.69, 9.17) is 0 Å². The van der Waals surface area contributed by atoms with Crippen molar-refractivity contribution in [2.24, 2.45) is 0 Å². The van der Waals surface area contributed by atoms with Crippen LogP contribution in [0, 0.1) is 0 Å². The molecule has 0 aliphatic rings. The quantitative estimate of drug-likeness (QED) is 0.523. The van der Waals surface area contributed by atoms with Crippen molar-refractivity contribution in [2.75, 3.05) is 0 Å². The highest BCUT2D eigenvalue weighted by atomic mass is 35.6. The van der Waals surface area contributed by atoms with Crippen LogP contribution in [0.25, 0.3) is 0 Å². The third-order valence-corrected chi connectivity index (χ3v) is 0.742. The molecule has 0 saturated carbocycles. The number of hydrogen-bond donors (Lipinski definition) is 0. The molecule has 0 aromatic carbocycles. The van der Waals surface area contributed by atoms with E-state index < -0.39 is 10.2 Å². The van der Waals surface area contributed by atoms with Crippen molar-refractivity contribution in [1.82, 2.24) is 0 Å². The van der Waals surface area contributed by atoms with Crippen molar-refractivity contribution in [3.05, 3.63) is 0 Å². The summed E-state index contributed by atoms with van der Waals surface area (Å²) in [7, 11) is 0. The van der Waals surface area contributed by atoms with Gasteiger partial charge in [0.1, 0.15) is 0 Å². The number of halogens is 5. The Labute approximate surface area is 68.1 Å². The van der Waals surface area contributed by atoms with Gasteiger partial charge in [0, 0.05) is 0 Å². The zero-order valence-corrected chi connectivity index (χ0v) is 7.23. The first-order valence-electron chi connectivity index (χ1n) is 2.29. The summed E-state index contributed by atoms with van der Waals surface area (Å²) in [5, 5.41) is 0. The highest BCUT2D eigenvalue weighted by Gasteiger charge is 2.32. The van der Waals surface area contributed by atoms with Crippen LogP contribution in [0.4, 0.5) is 8.78 Å². The van der Waals surface area contributed by atoms with Crippen LogP contribution in [0.15, 0.2) is 0 Å². The zero-order chi connectivity index (χ0) is 8.08. The lowest BCUT2D eigenvalue weighted by atomic mass is 10.8. The zero-order valence-electron chi connectivity index (χ0n) is 4.97. The van der Waals surface area contributed by atoms with Crippen molar-refractivity contribution in [1.29, 1.82) is 0 Å². The molecule has 0 fully saturated rings. The minimum absolute atomic E-state index is 2.00. The number of alkyl halides is 5. The SMILES string of the molecule is CC.FC(F)C(Cl)(Cl)Cl. The Kier molecular flexibility index (Phi) is 7.60. The fourth-order valence-corrected chi connectivity index (χ4v) is 0. The van der Waals surface area contributed by atoms with Crippen LogP contribution in [-0.2, 0) is 0 Å². The monoisotopic (exact) mass is 198 g/mol. The van der Waals surface area contributed by atoms with Gasteiger partial charge in [-0.3, -0.25) is 0 Å². The Morgan fingerprint density at radius 1 is 1.11 bits per heavy atom. The van der Waals surface area contributed by atoms with E-state index in [0.717, 1.165) is 0 Å². The van der Waals surface area contributed by atoms with Crippen LogP contribution in [0.5, 0.6) is 0 Å². The van der Waals surface area contributed by atoms with E-state index in [0.29, 0.717) is 0 Å². The first kappa shape index (κ1) is 12.4. The number of rotatable bonds is 0. The van der Waals surface area contributed by atoms with Crippen LogP contribution in [0.2, 0.25) is 0 Å². The van der Waals surface area contributed by atoms with Gasteiger partial charge in [-0.15, -0.1) is 0 Å². The smallest absolute Gasteiger partial charge is 0.206 e. The van der Waals surface area contributed by atoms with E-state index in [2.05, 4.69) is 34.8 Å². The maximum Gasteiger partial charge on any atom is 0.284 e. The fourth-order valence-electron chi connectivity index (χ4n) is 0. The van der Waals surface area contributed by atoms with E-state index in [1.165, 1.54) is 0 Å². The predicted octanol–water partition coefficient (Wildman–Crippen LogP) is 3.65. The standard InChI is InChI=1S/C2HCl3F2.C2H6/c3-2(4,5)1(6)7;1-2/h1H;1-2H3. The Balaban J connectivity index is 0. The van der Waals surface area contributed by atoms with Gasteiger partial charge >= 0.3 is 0 Å². The molecule has 0 aliphatic heterocycles. The first-order chi connectivity index (χ1) is 3.94. The molecule has 0 unspecified atom stereocenters. The predicted molar refractivity (Wildman–Crippen MR) is 37.6 cm³/mol. The van der Waals surface area contributed by atoms with Crippen molar-refractivity contribution in [3.8, 4) is 0 Å². The van der Waals surface area contributed by atoms with Gasteiger partial charge in [-0.25, -0.2) is 8.78 Å². The summed E-state index contributed by atoms with van der Waals surface area (Å²) in [6.45, 7) is 4.00. The second kappa shape index (κ2) is 5.51. The molecule has 0 bridgehead atoms. The third kappa shape index (κ3) is 8.73. The summed E-state index contributed by atoms with van der Waals surface area (Å²) >= 11 is 13.9. The molecule has 0 heterocycles. The van der Waals surface area contributed by atoms with E-state index in [9.17, 15) is 8.78 Å². The molecule has 9 heavy (non-hydrogen) atoms. The average molecular weight is 199 g/mol. The topological polar surface area (TPSA) is 0 Å². The molecule has 0 aliphatic carbocycles. The first-order valence-corrected chi connectivity index (χ1v) is 3.43. The van der Waals surface area contributed by atoms with Gasteiger partial charge in [0.25, 0.3) is 10.2 Å². The van der Waals surface area contributed by atoms with Crippen LogP contribution in [-0.4, -0.2) is 10.2 Å². The van der Waals surface area contributed by atoms with Crippen molar-refractivity contribution >= 4 is 34.8 Å². The Bertz CT molecular complexity index is 59.3. The minimum atomic E-state index is -2.91. The molecule has 0 saturated heterocycles. The fraction of sp³-hybridized carbons (Fsp3) is 1.00. The molecular formula is C4H7Cl3F2. The molecular weight excluding hydrogens is 192 g/mol. The summed E-state index contributed by atoms with van der Waals surface area (Å²) < 4.78 is 19.9. The lowest BCUT2D eigenvalue weighted by Crippen LogP contribution is -2.14. The van der Waals surface area contributed by atoms with Crippen LogP contribution in [0.1, 0.15) is 13.8 Å². The van der Waals surface area contributed by atoms with Crippen molar-refractivity contribution in [3.63, 3.8) is 0 Å². The molecule has 58 valence electrons. The maximum atomic E-state index is 11.1. The largest absolute Gasteiger partial charge is 0.284 e. The molecule has 0 spiro atoms. The van der Waals surface area contributed by atoms with Crippen LogP contribution >= 0.6 is 34.8 Å². The molecule has 0 atom stereocenters. The third-order valence-electron chi connectivity index (χ3n) is 0.247.